The average molecular weight is 349 g/mol. The third-order valence-corrected chi connectivity index (χ3v) is 5.60. The molecule has 4 heteroatoms. The largest absolute Gasteiger partial charge is 0.371 e. The van der Waals surface area contributed by atoms with Crippen molar-refractivity contribution in [1.82, 2.24) is 0 Å². The number of nitrogens with zero attached hydrogens (tertiary/aromatic N) is 1. The molecule has 0 N–H and O–H groups in total. The van der Waals surface area contributed by atoms with Gasteiger partial charge in [-0.1, -0.05) is 6.07 Å². The average Bonchev–Trinajstić information content (AvgIpc) is 2.63. The van der Waals surface area contributed by atoms with Crippen molar-refractivity contribution in [3.63, 3.8) is 0 Å². The van der Waals surface area contributed by atoms with Gasteiger partial charge >= 0.3 is 0 Å². The van der Waals surface area contributed by atoms with E-state index in [1.807, 2.05) is 11.8 Å². The lowest BCUT2D eigenvalue weighted by atomic mass is 10.2. The third kappa shape index (κ3) is 3.58. The van der Waals surface area contributed by atoms with Crippen LogP contribution in [0.2, 0.25) is 0 Å². The Hall–Kier alpha value is 0.140. The summed E-state index contributed by atoms with van der Waals surface area (Å²) in [5.74, 6) is 0.577. The molecular formula is C14H19BrClNS. The van der Waals surface area contributed by atoms with Crippen LogP contribution in [0.1, 0.15) is 24.8 Å². The molecule has 100 valence electrons. The summed E-state index contributed by atoms with van der Waals surface area (Å²) < 4.78 is 1.17. The molecule has 1 aliphatic rings. The number of alkyl halides is 1. The summed E-state index contributed by atoms with van der Waals surface area (Å²) in [5, 5.41) is 0.830. The van der Waals surface area contributed by atoms with Crippen LogP contribution < -0.4 is 4.90 Å². The SMILES string of the molecule is CSC1CCCN(c2ccc(CCl)cc2Br)CC1. The van der Waals surface area contributed by atoms with Crippen molar-refractivity contribution in [3.8, 4) is 0 Å². The van der Waals surface area contributed by atoms with Gasteiger partial charge < -0.3 is 4.90 Å². The van der Waals surface area contributed by atoms with Crippen molar-refractivity contribution in [2.45, 2.75) is 30.4 Å². The van der Waals surface area contributed by atoms with Crippen LogP contribution in [-0.2, 0) is 5.88 Å². The fourth-order valence-corrected chi connectivity index (χ4v) is 4.02. The first-order valence-electron chi connectivity index (χ1n) is 6.36. The maximum absolute atomic E-state index is 5.86. The van der Waals surface area contributed by atoms with E-state index in [1.165, 1.54) is 35.0 Å². The maximum Gasteiger partial charge on any atom is 0.0510 e. The summed E-state index contributed by atoms with van der Waals surface area (Å²) >= 11 is 11.6. The Kier molecular flexibility index (Phi) is 5.71. The monoisotopic (exact) mass is 347 g/mol. The Bertz CT molecular complexity index is 399. The molecule has 1 aromatic rings. The van der Waals surface area contributed by atoms with Gasteiger partial charge in [-0.2, -0.15) is 11.8 Å². The lowest BCUT2D eigenvalue weighted by Gasteiger charge is -2.24. The van der Waals surface area contributed by atoms with E-state index < -0.39 is 0 Å². The summed E-state index contributed by atoms with van der Waals surface area (Å²) in [6.45, 7) is 2.32. The molecule has 0 aliphatic carbocycles. The van der Waals surface area contributed by atoms with Crippen LogP contribution >= 0.6 is 39.3 Å². The zero-order chi connectivity index (χ0) is 13.0. The summed E-state index contributed by atoms with van der Waals surface area (Å²) in [5.41, 5.74) is 2.48. The molecule has 2 rings (SSSR count). The van der Waals surface area contributed by atoms with E-state index in [2.05, 4.69) is 45.3 Å². The van der Waals surface area contributed by atoms with Crippen LogP contribution in [0.15, 0.2) is 22.7 Å². The minimum Gasteiger partial charge on any atom is -0.371 e. The molecule has 0 bridgehead atoms. The van der Waals surface area contributed by atoms with Gasteiger partial charge in [0.05, 0.1) is 5.69 Å². The molecule has 0 saturated carbocycles. The number of hydrogen-bond donors (Lipinski definition) is 0. The summed E-state index contributed by atoms with van der Waals surface area (Å²) in [6.07, 6.45) is 6.14. The van der Waals surface area contributed by atoms with Crippen LogP contribution in [0.3, 0.4) is 0 Å². The molecular weight excluding hydrogens is 330 g/mol. The highest BCUT2D eigenvalue weighted by Crippen LogP contribution is 2.31. The van der Waals surface area contributed by atoms with Gasteiger partial charge in [0.1, 0.15) is 0 Å². The smallest absolute Gasteiger partial charge is 0.0510 e. The van der Waals surface area contributed by atoms with E-state index in [1.54, 1.807) is 0 Å². The first-order valence-corrected chi connectivity index (χ1v) is 8.98. The first-order chi connectivity index (χ1) is 8.74. The van der Waals surface area contributed by atoms with Gasteiger partial charge in [0.2, 0.25) is 0 Å². The number of rotatable bonds is 3. The highest BCUT2D eigenvalue weighted by Gasteiger charge is 2.17. The van der Waals surface area contributed by atoms with Gasteiger partial charge in [0.15, 0.2) is 0 Å². The molecule has 18 heavy (non-hydrogen) atoms. The molecule has 1 heterocycles. The van der Waals surface area contributed by atoms with Crippen molar-refractivity contribution in [3.05, 3.63) is 28.2 Å². The second-order valence-corrected chi connectivity index (χ2v) is 6.95. The number of hydrogen-bond acceptors (Lipinski definition) is 2. The van der Waals surface area contributed by atoms with Crippen LogP contribution in [0.25, 0.3) is 0 Å². The highest BCUT2D eigenvalue weighted by molar-refractivity contribution is 9.10. The van der Waals surface area contributed by atoms with Crippen LogP contribution in [0.5, 0.6) is 0 Å². The first kappa shape index (κ1) is 14.5. The summed E-state index contributed by atoms with van der Waals surface area (Å²) in [6, 6.07) is 6.46. The molecule has 0 radical (unpaired) electrons. The van der Waals surface area contributed by atoms with E-state index in [0.717, 1.165) is 18.3 Å². The standard InChI is InChI=1S/C14H19BrClNS/c1-18-12-3-2-7-17(8-6-12)14-5-4-11(10-16)9-13(14)15/h4-5,9,12H,2-3,6-8,10H2,1H3. The van der Waals surface area contributed by atoms with E-state index in [-0.39, 0.29) is 0 Å². The second-order valence-electron chi connectivity index (χ2n) is 4.70. The van der Waals surface area contributed by atoms with Crippen molar-refractivity contribution in [2.75, 3.05) is 24.2 Å². The quantitative estimate of drug-likeness (QED) is 0.714. The predicted molar refractivity (Wildman–Crippen MR) is 87.1 cm³/mol. The topological polar surface area (TPSA) is 3.24 Å². The van der Waals surface area contributed by atoms with Crippen LogP contribution in [0.4, 0.5) is 5.69 Å². The van der Waals surface area contributed by atoms with Crippen molar-refractivity contribution < 1.29 is 0 Å². The molecule has 1 saturated heterocycles. The molecule has 1 nitrogen and oxygen atoms in total. The number of anilines is 1. The minimum absolute atomic E-state index is 0.577. The Balaban J connectivity index is 2.11. The van der Waals surface area contributed by atoms with Crippen molar-refractivity contribution in [1.29, 1.82) is 0 Å². The molecule has 1 aliphatic heterocycles. The molecule has 1 unspecified atom stereocenters. The summed E-state index contributed by atoms with van der Waals surface area (Å²) in [4.78, 5) is 2.50. The van der Waals surface area contributed by atoms with Gasteiger partial charge in [-0.3, -0.25) is 0 Å². The van der Waals surface area contributed by atoms with Gasteiger partial charge in [-0.05, 0) is 59.1 Å². The normalized spacial score (nSPS) is 20.8. The molecule has 0 spiro atoms. The molecule has 0 aromatic heterocycles. The van der Waals surface area contributed by atoms with Crippen molar-refractivity contribution in [2.24, 2.45) is 0 Å². The Morgan fingerprint density at radius 3 is 2.89 bits per heavy atom. The number of halogens is 2. The van der Waals surface area contributed by atoms with E-state index in [0.29, 0.717) is 5.88 Å². The number of thioether (sulfide) groups is 1. The molecule has 0 amide bonds. The fourth-order valence-electron chi connectivity index (χ4n) is 2.43. The van der Waals surface area contributed by atoms with Gasteiger partial charge in [0.25, 0.3) is 0 Å². The molecule has 1 fully saturated rings. The lowest BCUT2D eigenvalue weighted by molar-refractivity contribution is 0.745. The van der Waals surface area contributed by atoms with E-state index >= 15 is 0 Å². The van der Waals surface area contributed by atoms with E-state index in [4.69, 9.17) is 11.6 Å². The Morgan fingerprint density at radius 2 is 2.22 bits per heavy atom. The van der Waals surface area contributed by atoms with Gasteiger partial charge in [-0.25, -0.2) is 0 Å². The zero-order valence-corrected chi connectivity index (χ0v) is 13.8. The highest BCUT2D eigenvalue weighted by atomic mass is 79.9. The van der Waals surface area contributed by atoms with Crippen molar-refractivity contribution >= 4 is 45.0 Å². The van der Waals surface area contributed by atoms with Gasteiger partial charge in [0, 0.05) is 28.7 Å². The fraction of sp³-hybridized carbons (Fsp3) is 0.571. The van der Waals surface area contributed by atoms with Gasteiger partial charge in [-0.15, -0.1) is 11.6 Å². The lowest BCUT2D eigenvalue weighted by Crippen LogP contribution is -2.24. The molecule has 1 aromatic carbocycles. The zero-order valence-electron chi connectivity index (χ0n) is 10.7. The summed E-state index contributed by atoms with van der Waals surface area (Å²) in [7, 11) is 0. The van der Waals surface area contributed by atoms with Crippen LogP contribution in [0, 0.1) is 0 Å². The van der Waals surface area contributed by atoms with E-state index in [9.17, 15) is 0 Å². The van der Waals surface area contributed by atoms with Crippen LogP contribution in [-0.4, -0.2) is 24.6 Å². The Morgan fingerprint density at radius 1 is 1.39 bits per heavy atom. The second kappa shape index (κ2) is 7.06. The molecule has 1 atom stereocenters. The number of benzene rings is 1. The third-order valence-electron chi connectivity index (χ3n) is 3.52. The minimum atomic E-state index is 0.577. The Labute approximate surface area is 127 Å². The maximum atomic E-state index is 5.86. The predicted octanol–water partition coefficient (Wildman–Crippen LogP) is 4.91.